The summed E-state index contributed by atoms with van der Waals surface area (Å²) in [6.07, 6.45) is 2.85. The van der Waals surface area contributed by atoms with E-state index < -0.39 is 11.8 Å². The van der Waals surface area contributed by atoms with Gasteiger partial charge in [0.1, 0.15) is 11.4 Å². The highest BCUT2D eigenvalue weighted by atomic mass is 16.2. The van der Waals surface area contributed by atoms with Gasteiger partial charge in [0, 0.05) is 24.6 Å². The van der Waals surface area contributed by atoms with Crippen LogP contribution < -0.4 is 16.0 Å². The summed E-state index contributed by atoms with van der Waals surface area (Å²) in [5.74, 6) is -1.29. The summed E-state index contributed by atoms with van der Waals surface area (Å²) in [5.41, 5.74) is 2.36. The molecule has 3 aromatic rings. The number of anilines is 2. The number of amides is 3. The first-order valence-electron chi connectivity index (χ1n) is 8.39. The summed E-state index contributed by atoms with van der Waals surface area (Å²) >= 11 is 0. The molecule has 142 valence electrons. The molecule has 0 saturated heterocycles. The molecule has 0 spiro atoms. The van der Waals surface area contributed by atoms with E-state index in [0.29, 0.717) is 17.1 Å². The number of H-pyrrole nitrogens is 1. The first kappa shape index (κ1) is 18.8. The molecular formula is C19H18N6O3. The smallest absolute Gasteiger partial charge is 0.276 e. The zero-order valence-corrected chi connectivity index (χ0v) is 15.2. The van der Waals surface area contributed by atoms with E-state index in [1.165, 1.54) is 13.4 Å². The summed E-state index contributed by atoms with van der Waals surface area (Å²) in [4.78, 5) is 46.9. The van der Waals surface area contributed by atoms with Gasteiger partial charge in [0.15, 0.2) is 5.69 Å². The molecule has 0 aliphatic carbocycles. The zero-order chi connectivity index (χ0) is 20.1. The number of nitrogens with one attached hydrogen (secondary N) is 4. The first-order valence-corrected chi connectivity index (χ1v) is 8.39. The molecular weight excluding hydrogens is 360 g/mol. The van der Waals surface area contributed by atoms with Crippen molar-refractivity contribution in [1.29, 1.82) is 0 Å². The van der Waals surface area contributed by atoms with Gasteiger partial charge in [-0.25, -0.2) is 4.98 Å². The molecule has 0 bridgehead atoms. The highest BCUT2D eigenvalue weighted by Gasteiger charge is 2.19. The highest BCUT2D eigenvalue weighted by molar-refractivity contribution is 6.10. The van der Waals surface area contributed by atoms with Crippen LogP contribution in [-0.2, 0) is 0 Å². The standard InChI is InChI=1S/C19H18N6O3/c1-11-7-8-21-14(9-11)17(26)24-12-3-5-13(6-4-12)25-19(28)16-15(18(27)20-2)22-10-23-16/h3-10H,1-2H3,(H,20,27)(H,22,23)(H,24,26)(H,25,28). The Bertz CT molecular complexity index is 1030. The average molecular weight is 378 g/mol. The molecule has 9 nitrogen and oxygen atoms in total. The van der Waals surface area contributed by atoms with Crippen LogP contribution in [0.5, 0.6) is 0 Å². The normalized spacial score (nSPS) is 10.2. The highest BCUT2D eigenvalue weighted by Crippen LogP contribution is 2.16. The number of rotatable bonds is 5. The Morgan fingerprint density at radius 1 is 0.893 bits per heavy atom. The van der Waals surface area contributed by atoms with Gasteiger partial charge in [0.25, 0.3) is 17.7 Å². The number of carbonyl (C=O) groups is 3. The Kier molecular flexibility index (Phi) is 5.45. The van der Waals surface area contributed by atoms with Crippen LogP contribution >= 0.6 is 0 Å². The quantitative estimate of drug-likeness (QED) is 0.539. The Hall–Kier alpha value is -4.01. The van der Waals surface area contributed by atoms with Gasteiger partial charge in [-0.15, -0.1) is 0 Å². The van der Waals surface area contributed by atoms with Gasteiger partial charge in [0.2, 0.25) is 0 Å². The van der Waals surface area contributed by atoms with Gasteiger partial charge in [-0.05, 0) is 48.9 Å². The summed E-state index contributed by atoms with van der Waals surface area (Å²) in [5, 5.41) is 7.83. The minimum absolute atomic E-state index is 0.0118. The van der Waals surface area contributed by atoms with Crippen LogP contribution in [0, 0.1) is 6.92 Å². The van der Waals surface area contributed by atoms with Gasteiger partial charge in [-0.1, -0.05) is 0 Å². The van der Waals surface area contributed by atoms with E-state index in [1.807, 2.05) is 13.0 Å². The third kappa shape index (κ3) is 4.21. The number of carbonyl (C=O) groups excluding carboxylic acids is 3. The molecule has 9 heteroatoms. The molecule has 3 amide bonds. The summed E-state index contributed by atoms with van der Waals surface area (Å²) < 4.78 is 0. The Labute approximate surface area is 160 Å². The molecule has 28 heavy (non-hydrogen) atoms. The fraction of sp³-hybridized carbons (Fsp3) is 0.105. The van der Waals surface area contributed by atoms with E-state index >= 15 is 0 Å². The van der Waals surface area contributed by atoms with Crippen molar-refractivity contribution < 1.29 is 14.4 Å². The van der Waals surface area contributed by atoms with Crippen molar-refractivity contribution in [3.63, 3.8) is 0 Å². The number of hydrogen-bond donors (Lipinski definition) is 4. The number of nitrogens with zero attached hydrogens (tertiary/aromatic N) is 2. The summed E-state index contributed by atoms with van der Waals surface area (Å²) in [6, 6.07) is 10.1. The molecule has 0 aliphatic rings. The Balaban J connectivity index is 1.66. The van der Waals surface area contributed by atoms with E-state index in [9.17, 15) is 14.4 Å². The lowest BCUT2D eigenvalue weighted by Gasteiger charge is -2.08. The first-order chi connectivity index (χ1) is 13.5. The third-order valence-electron chi connectivity index (χ3n) is 3.86. The molecule has 0 aliphatic heterocycles. The fourth-order valence-corrected chi connectivity index (χ4v) is 2.45. The van der Waals surface area contributed by atoms with Crippen molar-refractivity contribution in [1.82, 2.24) is 20.3 Å². The minimum atomic E-state index is -0.527. The molecule has 0 saturated carbocycles. The molecule has 2 aromatic heterocycles. The largest absolute Gasteiger partial charge is 0.354 e. The molecule has 2 heterocycles. The van der Waals surface area contributed by atoms with Crippen LogP contribution in [0.1, 0.15) is 37.0 Å². The van der Waals surface area contributed by atoms with Gasteiger partial charge in [0.05, 0.1) is 6.33 Å². The lowest BCUT2D eigenvalue weighted by Crippen LogP contribution is -2.23. The Morgan fingerprint density at radius 2 is 1.54 bits per heavy atom. The second-order valence-corrected chi connectivity index (χ2v) is 5.91. The maximum Gasteiger partial charge on any atom is 0.276 e. The van der Waals surface area contributed by atoms with E-state index in [4.69, 9.17) is 0 Å². The van der Waals surface area contributed by atoms with Crippen molar-refractivity contribution in [2.45, 2.75) is 6.92 Å². The van der Waals surface area contributed by atoms with Gasteiger partial charge < -0.3 is 20.9 Å². The molecule has 1 aromatic carbocycles. The number of aryl methyl sites for hydroxylation is 1. The number of benzene rings is 1. The third-order valence-corrected chi connectivity index (χ3v) is 3.86. The van der Waals surface area contributed by atoms with Crippen LogP contribution in [-0.4, -0.2) is 39.7 Å². The van der Waals surface area contributed by atoms with E-state index in [2.05, 4.69) is 30.9 Å². The van der Waals surface area contributed by atoms with Crippen molar-refractivity contribution in [2.24, 2.45) is 0 Å². The molecule has 0 fully saturated rings. The number of aromatic nitrogens is 3. The van der Waals surface area contributed by atoms with Crippen molar-refractivity contribution in [3.05, 3.63) is 71.6 Å². The summed E-state index contributed by atoms with van der Waals surface area (Å²) in [7, 11) is 1.46. The number of pyridine rings is 1. The minimum Gasteiger partial charge on any atom is -0.354 e. The predicted octanol–water partition coefficient (Wildman–Crippen LogP) is 1.98. The predicted molar refractivity (Wildman–Crippen MR) is 103 cm³/mol. The monoisotopic (exact) mass is 378 g/mol. The molecule has 0 radical (unpaired) electrons. The van der Waals surface area contributed by atoms with Crippen LogP contribution in [0.4, 0.5) is 11.4 Å². The SMILES string of the molecule is CNC(=O)c1[nH]cnc1C(=O)Nc1ccc(NC(=O)c2cc(C)ccn2)cc1. The van der Waals surface area contributed by atoms with Gasteiger partial charge in [-0.3, -0.25) is 19.4 Å². The van der Waals surface area contributed by atoms with Crippen LogP contribution in [0.2, 0.25) is 0 Å². The lowest BCUT2D eigenvalue weighted by atomic mass is 10.2. The topological polar surface area (TPSA) is 129 Å². The summed E-state index contributed by atoms with van der Waals surface area (Å²) in [6.45, 7) is 1.88. The van der Waals surface area contributed by atoms with Gasteiger partial charge in [-0.2, -0.15) is 0 Å². The van der Waals surface area contributed by atoms with Gasteiger partial charge >= 0.3 is 0 Å². The Morgan fingerprint density at radius 3 is 2.14 bits per heavy atom. The maximum atomic E-state index is 12.3. The fourth-order valence-electron chi connectivity index (χ4n) is 2.45. The molecule has 0 atom stereocenters. The zero-order valence-electron chi connectivity index (χ0n) is 15.2. The lowest BCUT2D eigenvalue weighted by molar-refractivity contribution is 0.0943. The second kappa shape index (κ2) is 8.12. The number of aromatic amines is 1. The number of imidazole rings is 1. The van der Waals surface area contributed by atoms with Crippen LogP contribution in [0.3, 0.4) is 0 Å². The van der Waals surface area contributed by atoms with E-state index in [0.717, 1.165) is 5.56 Å². The maximum absolute atomic E-state index is 12.3. The van der Waals surface area contributed by atoms with Crippen molar-refractivity contribution in [3.8, 4) is 0 Å². The van der Waals surface area contributed by atoms with E-state index in [-0.39, 0.29) is 17.3 Å². The van der Waals surface area contributed by atoms with Crippen molar-refractivity contribution >= 4 is 29.1 Å². The van der Waals surface area contributed by atoms with E-state index in [1.54, 1.807) is 36.5 Å². The number of hydrogen-bond acceptors (Lipinski definition) is 5. The van der Waals surface area contributed by atoms with Crippen LogP contribution in [0.15, 0.2) is 48.9 Å². The average Bonchev–Trinajstić information content (AvgIpc) is 3.19. The second-order valence-electron chi connectivity index (χ2n) is 5.91. The van der Waals surface area contributed by atoms with Crippen molar-refractivity contribution in [2.75, 3.05) is 17.7 Å². The molecule has 0 unspecified atom stereocenters. The molecule has 3 rings (SSSR count). The van der Waals surface area contributed by atoms with Crippen LogP contribution in [0.25, 0.3) is 0 Å². The molecule has 4 N–H and O–H groups in total.